The summed E-state index contributed by atoms with van der Waals surface area (Å²) in [5.74, 6) is 2.34. The van der Waals surface area contributed by atoms with Crippen LogP contribution in [0.25, 0.3) is 89.5 Å². The Morgan fingerprint density at radius 1 is 0.500 bits per heavy atom. The van der Waals surface area contributed by atoms with Gasteiger partial charge in [0.2, 0.25) is 0 Å². The first-order valence-corrected chi connectivity index (χ1v) is 23.4. The topological polar surface area (TPSA) is 51.8 Å². The third-order valence-corrected chi connectivity index (χ3v) is 15.4. The van der Waals surface area contributed by atoms with Crippen LogP contribution in [0.1, 0.15) is 98.9 Å². The molecule has 1 saturated carbocycles. The standard InChI is InChI=1S/C60H49N3O/c1-59(2)50-25-15-21-42(54(50)48-36-52-46(35-51(48)59)43-20-10-11-24-49(43)60(52)32-12-5-13-33-60)41-30-31-53-47(34-41)44-22-14-23-45(55(44)64-53)58-62-56(39-18-8-4-9-19-39)61-57(63-58)40-28-26-38(27-29-40)37-16-6-3-7-17-37/h4,6,8-11,14-16,18-31,34-37H,3,5,7,12-13,17,32-33H2,1-2H3. The first-order chi connectivity index (χ1) is 31.4. The lowest BCUT2D eigenvalue weighted by molar-refractivity contribution is 0.353. The van der Waals surface area contributed by atoms with E-state index >= 15 is 0 Å². The molecule has 0 N–H and O–H groups in total. The number of nitrogens with zero attached hydrogens (tertiary/aromatic N) is 3. The molecule has 2 aromatic heterocycles. The highest BCUT2D eigenvalue weighted by Gasteiger charge is 2.46. The van der Waals surface area contributed by atoms with E-state index < -0.39 is 0 Å². The van der Waals surface area contributed by atoms with E-state index in [9.17, 15) is 0 Å². The van der Waals surface area contributed by atoms with Crippen LogP contribution in [0.4, 0.5) is 0 Å². The number of para-hydroxylation sites is 1. The number of allylic oxidation sites excluding steroid dienone is 2. The van der Waals surface area contributed by atoms with Crippen molar-refractivity contribution >= 4 is 21.9 Å². The average molecular weight is 828 g/mol. The van der Waals surface area contributed by atoms with Gasteiger partial charge in [0.05, 0.1) is 5.56 Å². The van der Waals surface area contributed by atoms with E-state index in [0.29, 0.717) is 23.4 Å². The van der Waals surface area contributed by atoms with Gasteiger partial charge in [0, 0.05) is 38.6 Å². The molecule has 1 spiro atoms. The van der Waals surface area contributed by atoms with E-state index in [0.717, 1.165) is 38.6 Å². The van der Waals surface area contributed by atoms with Crippen molar-refractivity contribution in [2.75, 3.05) is 0 Å². The molecule has 64 heavy (non-hydrogen) atoms. The van der Waals surface area contributed by atoms with Gasteiger partial charge in [-0.3, -0.25) is 0 Å². The van der Waals surface area contributed by atoms with Gasteiger partial charge in [-0.2, -0.15) is 0 Å². The third kappa shape index (κ3) is 5.64. The minimum absolute atomic E-state index is 0.103. The molecule has 0 radical (unpaired) electrons. The van der Waals surface area contributed by atoms with Gasteiger partial charge in [0.15, 0.2) is 17.5 Å². The molecule has 4 heteroatoms. The van der Waals surface area contributed by atoms with Crippen LogP contribution in [-0.2, 0) is 10.8 Å². The Balaban J connectivity index is 0.936. The van der Waals surface area contributed by atoms with Crippen molar-refractivity contribution in [3.8, 4) is 67.5 Å². The second kappa shape index (κ2) is 14.3. The molecule has 9 aromatic rings. The molecule has 310 valence electrons. The summed E-state index contributed by atoms with van der Waals surface area (Å²) in [6.45, 7) is 4.83. The van der Waals surface area contributed by atoms with Crippen LogP contribution in [0.3, 0.4) is 0 Å². The summed E-state index contributed by atoms with van der Waals surface area (Å²) >= 11 is 0. The highest BCUT2D eigenvalue weighted by atomic mass is 16.3. The molecule has 1 unspecified atom stereocenters. The van der Waals surface area contributed by atoms with Crippen LogP contribution in [0.15, 0.2) is 162 Å². The number of furan rings is 1. The van der Waals surface area contributed by atoms with E-state index in [2.05, 4.69) is 153 Å². The van der Waals surface area contributed by atoms with Gasteiger partial charge in [0.25, 0.3) is 0 Å². The second-order valence-electron chi connectivity index (χ2n) is 19.2. The summed E-state index contributed by atoms with van der Waals surface area (Å²) in [5, 5.41) is 2.13. The fourth-order valence-electron chi connectivity index (χ4n) is 12.1. The normalized spacial score (nSPS) is 17.7. The van der Waals surface area contributed by atoms with Gasteiger partial charge in [-0.05, 0) is 124 Å². The molecule has 13 rings (SSSR count). The highest BCUT2D eigenvalue weighted by molar-refractivity contribution is 6.11. The number of benzene rings is 7. The lowest BCUT2D eigenvalue weighted by atomic mass is 9.67. The Bertz CT molecular complexity index is 3370. The fourth-order valence-corrected chi connectivity index (χ4v) is 12.1. The van der Waals surface area contributed by atoms with Crippen LogP contribution < -0.4 is 0 Å². The SMILES string of the molecule is CC1(C)c2cc3c(cc2-c2c(-c4ccc5oc6c(-c7nc(-c8ccccc8)nc(-c8ccc(C9C=CCCC9)cc8)n7)cccc6c5c4)cccc21)C1(CCCCC1)c1ccccc1-3. The molecular weight excluding hydrogens is 779 g/mol. The first kappa shape index (κ1) is 37.6. The quantitative estimate of drug-likeness (QED) is 0.162. The molecule has 1 fully saturated rings. The lowest BCUT2D eigenvalue weighted by Crippen LogP contribution is -2.28. The van der Waals surface area contributed by atoms with Crippen molar-refractivity contribution in [3.05, 3.63) is 186 Å². The highest BCUT2D eigenvalue weighted by Crippen LogP contribution is 2.60. The maximum Gasteiger partial charge on any atom is 0.167 e. The van der Waals surface area contributed by atoms with Crippen molar-refractivity contribution in [2.45, 2.75) is 82.0 Å². The maximum absolute atomic E-state index is 6.82. The summed E-state index contributed by atoms with van der Waals surface area (Å²) in [6, 6.07) is 53.5. The lowest BCUT2D eigenvalue weighted by Gasteiger charge is -2.36. The minimum Gasteiger partial charge on any atom is -0.455 e. The van der Waals surface area contributed by atoms with E-state index in [-0.39, 0.29) is 10.8 Å². The Morgan fingerprint density at radius 3 is 2.00 bits per heavy atom. The van der Waals surface area contributed by atoms with Gasteiger partial charge in [-0.1, -0.05) is 161 Å². The van der Waals surface area contributed by atoms with Gasteiger partial charge in [0.1, 0.15) is 11.2 Å². The molecule has 0 amide bonds. The molecular formula is C60H49N3O. The van der Waals surface area contributed by atoms with Gasteiger partial charge in [-0.25, -0.2) is 15.0 Å². The molecule has 0 bridgehead atoms. The predicted molar refractivity (Wildman–Crippen MR) is 261 cm³/mol. The largest absolute Gasteiger partial charge is 0.455 e. The van der Waals surface area contributed by atoms with Crippen LogP contribution in [0.5, 0.6) is 0 Å². The summed E-state index contributed by atoms with van der Waals surface area (Å²) < 4.78 is 6.82. The summed E-state index contributed by atoms with van der Waals surface area (Å²) in [7, 11) is 0. The minimum atomic E-state index is -0.134. The Hall–Kier alpha value is -6.91. The van der Waals surface area contributed by atoms with Crippen LogP contribution in [-0.4, -0.2) is 15.0 Å². The molecule has 1 atom stereocenters. The molecule has 4 aliphatic rings. The summed E-state index contributed by atoms with van der Waals surface area (Å²) in [4.78, 5) is 15.4. The number of aromatic nitrogens is 3. The smallest absolute Gasteiger partial charge is 0.167 e. The predicted octanol–water partition coefficient (Wildman–Crippen LogP) is 15.8. The van der Waals surface area contributed by atoms with E-state index in [1.807, 2.05) is 18.2 Å². The average Bonchev–Trinajstić information content (AvgIpc) is 3.94. The molecule has 4 aliphatic carbocycles. The van der Waals surface area contributed by atoms with Crippen molar-refractivity contribution in [1.82, 2.24) is 15.0 Å². The van der Waals surface area contributed by atoms with E-state index in [4.69, 9.17) is 19.4 Å². The Kier molecular flexibility index (Phi) is 8.41. The molecule has 2 heterocycles. The maximum atomic E-state index is 6.82. The van der Waals surface area contributed by atoms with Crippen LogP contribution in [0.2, 0.25) is 0 Å². The van der Waals surface area contributed by atoms with Crippen molar-refractivity contribution < 1.29 is 4.42 Å². The number of hydrogen-bond acceptors (Lipinski definition) is 4. The zero-order valence-electron chi connectivity index (χ0n) is 36.5. The van der Waals surface area contributed by atoms with E-state index in [1.54, 1.807) is 11.1 Å². The van der Waals surface area contributed by atoms with Gasteiger partial charge >= 0.3 is 0 Å². The molecule has 4 nitrogen and oxygen atoms in total. The number of fused-ring (bicyclic) bond motifs is 11. The van der Waals surface area contributed by atoms with Crippen molar-refractivity contribution in [3.63, 3.8) is 0 Å². The monoisotopic (exact) mass is 827 g/mol. The summed E-state index contributed by atoms with van der Waals surface area (Å²) in [6.07, 6.45) is 14.6. The van der Waals surface area contributed by atoms with Gasteiger partial charge < -0.3 is 4.42 Å². The molecule has 0 saturated heterocycles. The zero-order chi connectivity index (χ0) is 42.6. The fraction of sp³-hybridized carbons (Fsp3) is 0.217. The van der Waals surface area contributed by atoms with Gasteiger partial charge in [-0.15, -0.1) is 0 Å². The molecule has 0 aliphatic heterocycles. The van der Waals surface area contributed by atoms with Crippen LogP contribution >= 0.6 is 0 Å². The van der Waals surface area contributed by atoms with Crippen LogP contribution in [0, 0.1) is 0 Å². The number of hydrogen-bond donors (Lipinski definition) is 0. The van der Waals surface area contributed by atoms with Crippen molar-refractivity contribution in [2.24, 2.45) is 0 Å². The Labute approximate surface area is 374 Å². The molecule has 7 aromatic carbocycles. The van der Waals surface area contributed by atoms with E-state index in [1.165, 1.54) is 101 Å². The summed E-state index contributed by atoms with van der Waals surface area (Å²) in [5.41, 5.74) is 19.7. The third-order valence-electron chi connectivity index (χ3n) is 15.4. The second-order valence-corrected chi connectivity index (χ2v) is 19.2. The zero-order valence-corrected chi connectivity index (χ0v) is 36.5. The number of rotatable bonds is 5. The Morgan fingerprint density at radius 2 is 1.19 bits per heavy atom. The first-order valence-electron chi connectivity index (χ1n) is 23.4. The van der Waals surface area contributed by atoms with Crippen molar-refractivity contribution in [1.29, 1.82) is 0 Å².